The highest BCUT2D eigenvalue weighted by molar-refractivity contribution is 5.92. The van der Waals surface area contributed by atoms with Gasteiger partial charge in [0.2, 0.25) is 11.8 Å². The number of likely N-dealkylation sites (tertiary alicyclic amines) is 1. The number of nitrogens with zero attached hydrogens (tertiary/aromatic N) is 1. The number of hydrogen-bond acceptors (Lipinski definition) is 7. The lowest BCUT2D eigenvalue weighted by atomic mass is 9.84. The van der Waals surface area contributed by atoms with Gasteiger partial charge in [-0.05, 0) is 63.4 Å². The second-order valence-corrected chi connectivity index (χ2v) is 10.5. The van der Waals surface area contributed by atoms with E-state index in [4.69, 9.17) is 14.2 Å². The molecule has 1 aromatic rings. The number of carbonyl (C=O) groups excluding carboxylic acids is 2. The average molecular weight is 502 g/mol. The van der Waals surface area contributed by atoms with E-state index in [0.717, 1.165) is 49.5 Å². The number of nitrogens with one attached hydrogen (secondary N) is 2. The Morgan fingerprint density at radius 2 is 1.92 bits per heavy atom. The molecule has 3 N–H and O–H groups in total. The van der Waals surface area contributed by atoms with E-state index in [1.165, 1.54) is 19.3 Å². The lowest BCUT2D eigenvalue weighted by molar-refractivity contribution is -0.142. The van der Waals surface area contributed by atoms with E-state index in [2.05, 4.69) is 15.5 Å². The van der Waals surface area contributed by atoms with Crippen LogP contribution in [0.5, 0.6) is 5.75 Å². The summed E-state index contributed by atoms with van der Waals surface area (Å²) >= 11 is 0. The zero-order chi connectivity index (χ0) is 24.9. The quantitative estimate of drug-likeness (QED) is 0.500. The smallest absolute Gasteiger partial charge is 0.227 e. The molecule has 0 bridgehead atoms. The molecule has 1 aromatic carbocycles. The molecule has 4 aliphatic rings. The van der Waals surface area contributed by atoms with Crippen LogP contribution in [0.25, 0.3) is 0 Å². The molecule has 198 valence electrons. The van der Waals surface area contributed by atoms with Gasteiger partial charge >= 0.3 is 0 Å². The summed E-state index contributed by atoms with van der Waals surface area (Å²) in [6.45, 7) is 4.81. The normalized spacial score (nSPS) is 28.6. The number of ether oxygens (including phenoxy) is 3. The summed E-state index contributed by atoms with van der Waals surface area (Å²) in [5, 5.41) is 16.1. The van der Waals surface area contributed by atoms with E-state index in [0.29, 0.717) is 26.2 Å². The fraction of sp³-hybridized carbons (Fsp3) is 0.704. The zero-order valence-electron chi connectivity index (χ0n) is 21.0. The number of hydrogen-bond donors (Lipinski definition) is 3. The van der Waals surface area contributed by atoms with Gasteiger partial charge in [-0.15, -0.1) is 0 Å². The van der Waals surface area contributed by atoms with Gasteiger partial charge in [0, 0.05) is 49.4 Å². The molecule has 5 rings (SSSR count). The fourth-order valence-electron chi connectivity index (χ4n) is 5.99. The molecular weight excluding hydrogens is 462 g/mol. The van der Waals surface area contributed by atoms with Crippen LogP contribution in [0, 0.1) is 5.92 Å². The van der Waals surface area contributed by atoms with Crippen molar-refractivity contribution in [1.82, 2.24) is 10.2 Å². The first-order valence-corrected chi connectivity index (χ1v) is 13.6. The SMILES string of the molecule is O=C(C[C@H]1C[C@@H]2c3cc(NC(=O)C4CCOCC4)ccc3O[C@@H]2[C@H](CO)O1)NCCN1CCCCC1. The van der Waals surface area contributed by atoms with Gasteiger partial charge in [-0.1, -0.05) is 6.42 Å². The molecule has 0 unspecified atom stereocenters. The van der Waals surface area contributed by atoms with Crippen molar-refractivity contribution in [2.45, 2.75) is 69.2 Å². The molecule has 4 aliphatic heterocycles. The zero-order valence-corrected chi connectivity index (χ0v) is 21.0. The van der Waals surface area contributed by atoms with Crippen molar-refractivity contribution in [1.29, 1.82) is 0 Å². The maximum atomic E-state index is 12.7. The van der Waals surface area contributed by atoms with Crippen molar-refractivity contribution in [3.63, 3.8) is 0 Å². The standard InChI is InChI=1S/C27H39N3O6/c31-17-24-26-22(15-20(35-24)16-25(32)28-8-11-30-9-2-1-3-10-30)21-14-19(4-5-23(21)36-26)29-27(33)18-6-12-34-13-7-18/h4-5,14,18,20,22,24,26,31H,1-3,6-13,15-17H2,(H,28,32)(H,29,33)/t20-,22-,24+,26+/m1/s1. The van der Waals surface area contributed by atoms with Crippen LogP contribution >= 0.6 is 0 Å². The summed E-state index contributed by atoms with van der Waals surface area (Å²) in [5.41, 5.74) is 1.75. The summed E-state index contributed by atoms with van der Waals surface area (Å²) in [7, 11) is 0. The van der Waals surface area contributed by atoms with Crippen LogP contribution in [-0.4, -0.2) is 86.1 Å². The molecular formula is C27H39N3O6. The minimum Gasteiger partial charge on any atom is -0.487 e. The Kier molecular flexibility index (Phi) is 8.41. The molecule has 36 heavy (non-hydrogen) atoms. The van der Waals surface area contributed by atoms with Gasteiger partial charge in [0.15, 0.2) is 0 Å². The molecule has 2 amide bonds. The van der Waals surface area contributed by atoms with E-state index < -0.39 is 6.10 Å². The second-order valence-electron chi connectivity index (χ2n) is 10.5. The van der Waals surface area contributed by atoms with Crippen LogP contribution in [0.4, 0.5) is 5.69 Å². The average Bonchev–Trinajstić information content (AvgIpc) is 3.27. The maximum absolute atomic E-state index is 12.7. The summed E-state index contributed by atoms with van der Waals surface area (Å²) in [4.78, 5) is 27.8. The van der Waals surface area contributed by atoms with Crippen molar-refractivity contribution in [2.24, 2.45) is 5.92 Å². The molecule has 4 atom stereocenters. The third-order valence-corrected chi connectivity index (χ3v) is 7.97. The molecule has 3 fully saturated rings. The van der Waals surface area contributed by atoms with E-state index in [9.17, 15) is 14.7 Å². The Bertz CT molecular complexity index is 915. The van der Waals surface area contributed by atoms with Crippen LogP contribution in [0.15, 0.2) is 18.2 Å². The van der Waals surface area contributed by atoms with Gasteiger partial charge in [-0.25, -0.2) is 0 Å². The molecule has 0 spiro atoms. The van der Waals surface area contributed by atoms with Gasteiger partial charge in [0.05, 0.1) is 19.1 Å². The highest BCUT2D eigenvalue weighted by atomic mass is 16.6. The largest absolute Gasteiger partial charge is 0.487 e. The Labute approximate surface area is 212 Å². The van der Waals surface area contributed by atoms with Crippen molar-refractivity contribution < 1.29 is 28.9 Å². The monoisotopic (exact) mass is 501 g/mol. The number of anilines is 1. The Morgan fingerprint density at radius 1 is 1.11 bits per heavy atom. The first-order valence-electron chi connectivity index (χ1n) is 13.6. The summed E-state index contributed by atoms with van der Waals surface area (Å²) < 4.78 is 17.6. The molecule has 4 heterocycles. The predicted octanol–water partition coefficient (Wildman–Crippen LogP) is 2.04. The number of aliphatic hydroxyl groups is 1. The van der Waals surface area contributed by atoms with Crippen molar-refractivity contribution in [3.8, 4) is 5.75 Å². The summed E-state index contributed by atoms with van der Waals surface area (Å²) in [5.74, 6) is 0.715. The topological polar surface area (TPSA) is 109 Å². The van der Waals surface area contributed by atoms with Crippen LogP contribution in [0.2, 0.25) is 0 Å². The van der Waals surface area contributed by atoms with Crippen molar-refractivity contribution in [2.75, 3.05) is 51.3 Å². The third kappa shape index (κ3) is 6.02. The number of benzene rings is 1. The first kappa shape index (κ1) is 25.4. The molecule has 0 saturated carbocycles. The Balaban J connectivity index is 1.18. The van der Waals surface area contributed by atoms with E-state index in [1.807, 2.05) is 18.2 Å². The highest BCUT2D eigenvalue weighted by Crippen LogP contribution is 2.47. The van der Waals surface area contributed by atoms with Crippen LogP contribution in [0.3, 0.4) is 0 Å². The first-order chi connectivity index (χ1) is 17.6. The van der Waals surface area contributed by atoms with Crippen LogP contribution in [0.1, 0.15) is 56.4 Å². The molecule has 0 aliphatic carbocycles. The van der Waals surface area contributed by atoms with Crippen LogP contribution in [-0.2, 0) is 19.1 Å². The van der Waals surface area contributed by atoms with Crippen LogP contribution < -0.4 is 15.4 Å². The number of carbonyl (C=O) groups is 2. The third-order valence-electron chi connectivity index (χ3n) is 7.97. The van der Waals surface area contributed by atoms with Gasteiger partial charge in [0.1, 0.15) is 18.0 Å². The highest BCUT2D eigenvalue weighted by Gasteiger charge is 2.46. The lowest BCUT2D eigenvalue weighted by Gasteiger charge is -2.37. The number of rotatable bonds is 8. The molecule has 9 nitrogen and oxygen atoms in total. The van der Waals surface area contributed by atoms with Crippen molar-refractivity contribution >= 4 is 17.5 Å². The van der Waals surface area contributed by atoms with Gasteiger partial charge < -0.3 is 34.9 Å². The number of fused-ring (bicyclic) bond motifs is 3. The fourth-order valence-corrected chi connectivity index (χ4v) is 5.99. The lowest BCUT2D eigenvalue weighted by Crippen LogP contribution is -2.47. The van der Waals surface area contributed by atoms with E-state index >= 15 is 0 Å². The molecule has 0 aromatic heterocycles. The molecule has 9 heteroatoms. The second kappa shape index (κ2) is 11.9. The molecule has 3 saturated heterocycles. The van der Waals surface area contributed by atoms with Gasteiger partial charge in [0.25, 0.3) is 0 Å². The minimum atomic E-state index is -0.498. The number of amides is 2. The number of piperidine rings is 1. The van der Waals surface area contributed by atoms with Gasteiger partial charge in [-0.2, -0.15) is 0 Å². The summed E-state index contributed by atoms with van der Waals surface area (Å²) in [6.07, 6.45) is 5.04. The minimum absolute atomic E-state index is 0.00279. The van der Waals surface area contributed by atoms with Crippen molar-refractivity contribution in [3.05, 3.63) is 23.8 Å². The van der Waals surface area contributed by atoms with E-state index in [-0.39, 0.29) is 48.9 Å². The number of aliphatic hydroxyl groups excluding tert-OH is 1. The van der Waals surface area contributed by atoms with E-state index in [1.54, 1.807) is 0 Å². The predicted molar refractivity (Wildman–Crippen MR) is 134 cm³/mol. The van der Waals surface area contributed by atoms with Gasteiger partial charge in [-0.3, -0.25) is 9.59 Å². The maximum Gasteiger partial charge on any atom is 0.227 e. The summed E-state index contributed by atoms with van der Waals surface area (Å²) in [6, 6.07) is 5.71. The Morgan fingerprint density at radius 3 is 2.69 bits per heavy atom. The Hall–Kier alpha value is -2.20. The molecule has 0 radical (unpaired) electrons.